The van der Waals surface area contributed by atoms with Gasteiger partial charge in [0, 0.05) is 69.8 Å². The van der Waals surface area contributed by atoms with Crippen molar-refractivity contribution < 1.29 is 4.74 Å². The molecular weight excluding hydrogens is 640 g/mol. The average molecular weight is 680 g/mol. The largest absolute Gasteiger partial charge is 0.494 e. The van der Waals surface area contributed by atoms with Crippen LogP contribution in [0.2, 0.25) is 0 Å². The van der Waals surface area contributed by atoms with Crippen LogP contribution < -0.4 is 29.7 Å². The highest BCUT2D eigenvalue weighted by Gasteiger charge is 2.27. The summed E-state index contributed by atoms with van der Waals surface area (Å²) in [5, 5.41) is 1.56. The molecular formula is C31H39BrN10OS. The molecule has 0 saturated carbocycles. The van der Waals surface area contributed by atoms with Crippen molar-refractivity contribution in [3.63, 3.8) is 0 Å². The minimum absolute atomic E-state index is 0.483. The number of nitrogens with zero attached hydrogens (tertiary/aromatic N) is 9. The van der Waals surface area contributed by atoms with Gasteiger partial charge in [0.15, 0.2) is 5.82 Å². The van der Waals surface area contributed by atoms with E-state index in [1.807, 2.05) is 41.7 Å². The van der Waals surface area contributed by atoms with Gasteiger partial charge < -0.3 is 23.7 Å². The number of halogens is 1. The van der Waals surface area contributed by atoms with Gasteiger partial charge in [-0.25, -0.2) is 10.8 Å². The second kappa shape index (κ2) is 13.3. The Bertz CT molecular complexity index is 1610. The summed E-state index contributed by atoms with van der Waals surface area (Å²) in [7, 11) is 5.62. The van der Waals surface area contributed by atoms with E-state index < -0.39 is 0 Å². The first kappa shape index (κ1) is 30.6. The smallest absolute Gasteiger partial charge is 0.231 e. The van der Waals surface area contributed by atoms with Gasteiger partial charge in [-0.2, -0.15) is 4.98 Å². The number of nitrogens with two attached hydrogens (primary N) is 1. The van der Waals surface area contributed by atoms with Gasteiger partial charge >= 0.3 is 0 Å². The molecule has 0 aliphatic carbocycles. The van der Waals surface area contributed by atoms with Crippen molar-refractivity contribution in [3.8, 4) is 5.75 Å². The molecule has 2 aliphatic heterocycles. The average Bonchev–Trinajstić information content (AvgIpc) is 3.62. The van der Waals surface area contributed by atoms with Crippen LogP contribution in [0.1, 0.15) is 25.7 Å². The Morgan fingerprint density at radius 1 is 0.977 bits per heavy atom. The molecule has 2 aliphatic rings. The molecule has 2 aromatic carbocycles. The summed E-state index contributed by atoms with van der Waals surface area (Å²) in [5.41, 5.74) is 5.16. The summed E-state index contributed by atoms with van der Waals surface area (Å²) in [6, 6.07) is 10.9. The fourth-order valence-electron chi connectivity index (χ4n) is 6.24. The van der Waals surface area contributed by atoms with E-state index in [4.69, 9.17) is 15.6 Å². The molecule has 6 rings (SSSR count). The van der Waals surface area contributed by atoms with E-state index in [-0.39, 0.29) is 0 Å². The van der Waals surface area contributed by atoms with Gasteiger partial charge in [0.05, 0.1) is 28.5 Å². The van der Waals surface area contributed by atoms with Crippen LogP contribution in [0, 0.1) is 0 Å². The van der Waals surface area contributed by atoms with Crippen LogP contribution in [0.5, 0.6) is 5.75 Å². The quantitative estimate of drug-likeness (QED) is 0.132. The van der Waals surface area contributed by atoms with Gasteiger partial charge in [0.1, 0.15) is 17.0 Å². The molecule has 0 unspecified atom stereocenters. The summed E-state index contributed by atoms with van der Waals surface area (Å²) in [5.74, 6) is 8.55. The second-order valence-electron chi connectivity index (χ2n) is 11.1. The maximum Gasteiger partial charge on any atom is 0.231 e. The van der Waals surface area contributed by atoms with E-state index in [0.717, 1.165) is 46.9 Å². The molecule has 2 N–H and O–H groups in total. The van der Waals surface area contributed by atoms with Crippen LogP contribution in [0.15, 0.2) is 53.4 Å². The molecule has 0 amide bonds. The fourth-order valence-corrected chi connectivity index (χ4v) is 6.99. The van der Waals surface area contributed by atoms with Crippen LogP contribution in [-0.2, 0) is 0 Å². The molecule has 2 fully saturated rings. The highest BCUT2D eigenvalue weighted by Crippen LogP contribution is 2.41. The van der Waals surface area contributed by atoms with Crippen molar-refractivity contribution in [2.45, 2.75) is 31.7 Å². The predicted octanol–water partition coefficient (Wildman–Crippen LogP) is 5.75. The zero-order chi connectivity index (χ0) is 30.8. The van der Waals surface area contributed by atoms with E-state index >= 15 is 0 Å². The molecule has 13 heteroatoms. The number of hydrazine groups is 1. The number of piperidine rings is 1. The number of rotatable bonds is 9. The Labute approximate surface area is 271 Å². The van der Waals surface area contributed by atoms with E-state index in [1.165, 1.54) is 44.5 Å². The molecule has 4 heterocycles. The van der Waals surface area contributed by atoms with Crippen LogP contribution in [0.4, 0.5) is 34.5 Å². The Balaban J connectivity index is 1.26. The lowest BCUT2D eigenvalue weighted by Crippen LogP contribution is -2.43. The van der Waals surface area contributed by atoms with Crippen molar-refractivity contribution in [2.24, 2.45) is 5.84 Å². The van der Waals surface area contributed by atoms with Crippen molar-refractivity contribution in [2.75, 3.05) is 72.8 Å². The zero-order valence-electron chi connectivity index (χ0n) is 25.6. The predicted molar refractivity (Wildman–Crippen MR) is 185 cm³/mol. The molecule has 2 saturated heterocycles. The van der Waals surface area contributed by atoms with E-state index in [1.54, 1.807) is 42.7 Å². The maximum atomic E-state index is 6.79. The second-order valence-corrected chi connectivity index (χ2v) is 12.9. The number of ether oxygens (including phenoxy) is 1. The molecule has 0 radical (unpaired) electrons. The normalized spacial score (nSPS) is 16.0. The lowest BCUT2D eigenvalue weighted by Gasteiger charge is -2.38. The Morgan fingerprint density at radius 2 is 1.70 bits per heavy atom. The molecule has 4 aromatic rings. The minimum atomic E-state index is 0.483. The van der Waals surface area contributed by atoms with E-state index in [2.05, 4.69) is 58.9 Å². The third-order valence-electron chi connectivity index (χ3n) is 8.69. The zero-order valence-corrected chi connectivity index (χ0v) is 28.1. The van der Waals surface area contributed by atoms with Crippen molar-refractivity contribution in [1.29, 1.82) is 0 Å². The van der Waals surface area contributed by atoms with Crippen LogP contribution >= 0.6 is 27.9 Å². The lowest BCUT2D eigenvalue weighted by atomic mass is 10.0. The first-order chi connectivity index (χ1) is 21.4. The van der Waals surface area contributed by atoms with Crippen molar-refractivity contribution in [3.05, 3.63) is 53.4 Å². The standard InChI is InChI=1S/C31H39BrN10OS/c1-38(25-9-7-22(19-27(25)43-3)41-17-11-21(12-18-41)40-15-5-6-16-40)31-36-20-23(32)30(37-31)42(33)26-10-8-24-28(35-14-13-34-24)29(26)39(2)44-4/h7-10,13-14,19-21H,5-6,11-12,15-18,33H2,1-4H3. The minimum Gasteiger partial charge on any atom is -0.494 e. The van der Waals surface area contributed by atoms with Crippen LogP contribution in [-0.4, -0.2) is 84.5 Å². The summed E-state index contributed by atoms with van der Waals surface area (Å²) in [6.45, 7) is 4.63. The summed E-state index contributed by atoms with van der Waals surface area (Å²) in [4.78, 5) is 25.7. The Kier molecular flexibility index (Phi) is 9.26. The molecule has 11 nitrogen and oxygen atoms in total. The number of methoxy groups -OCH3 is 1. The summed E-state index contributed by atoms with van der Waals surface area (Å²) in [6.07, 6.45) is 12.2. The first-order valence-electron chi connectivity index (χ1n) is 14.9. The monoisotopic (exact) mass is 678 g/mol. The van der Waals surface area contributed by atoms with Gasteiger partial charge in [0.25, 0.3) is 0 Å². The van der Waals surface area contributed by atoms with Gasteiger partial charge in [0.2, 0.25) is 5.95 Å². The van der Waals surface area contributed by atoms with Gasteiger partial charge in [-0.1, -0.05) is 11.9 Å². The first-order valence-corrected chi connectivity index (χ1v) is 16.9. The summed E-state index contributed by atoms with van der Waals surface area (Å²) < 4.78 is 8.58. The fraction of sp³-hybridized carbons (Fsp3) is 0.419. The third kappa shape index (κ3) is 5.97. The molecule has 232 valence electrons. The number of anilines is 6. The van der Waals surface area contributed by atoms with Crippen molar-refractivity contribution >= 4 is 73.4 Å². The van der Waals surface area contributed by atoms with E-state index in [0.29, 0.717) is 22.3 Å². The SMILES string of the molecule is COc1cc(N2CCC(N3CCCC3)CC2)ccc1N(C)c1ncc(Br)c(N(N)c2ccc3nccnc3c2N(C)SC)n1. The molecule has 2 aromatic heterocycles. The molecule has 0 bridgehead atoms. The van der Waals surface area contributed by atoms with Crippen molar-refractivity contribution in [1.82, 2.24) is 24.8 Å². The number of likely N-dealkylation sites (tertiary alicyclic amines) is 1. The number of hydrogen-bond donors (Lipinski definition) is 1. The van der Waals surface area contributed by atoms with Gasteiger partial charge in [-0.05, 0) is 79.0 Å². The molecule has 0 atom stereocenters. The number of benzene rings is 2. The van der Waals surface area contributed by atoms with Gasteiger partial charge in [-0.3, -0.25) is 15.0 Å². The molecule has 0 spiro atoms. The lowest BCUT2D eigenvalue weighted by molar-refractivity contribution is 0.208. The third-order valence-corrected chi connectivity index (χ3v) is 9.98. The number of aromatic nitrogens is 4. The van der Waals surface area contributed by atoms with Crippen LogP contribution in [0.25, 0.3) is 11.0 Å². The number of hydrogen-bond acceptors (Lipinski definition) is 12. The van der Waals surface area contributed by atoms with Crippen LogP contribution in [0.3, 0.4) is 0 Å². The Morgan fingerprint density at radius 3 is 2.43 bits per heavy atom. The number of fused-ring (bicyclic) bond motifs is 1. The van der Waals surface area contributed by atoms with E-state index in [9.17, 15) is 0 Å². The highest BCUT2D eigenvalue weighted by molar-refractivity contribution is 9.10. The highest BCUT2D eigenvalue weighted by atomic mass is 79.9. The molecule has 44 heavy (non-hydrogen) atoms. The summed E-state index contributed by atoms with van der Waals surface area (Å²) >= 11 is 5.19. The maximum absolute atomic E-state index is 6.79. The van der Waals surface area contributed by atoms with Gasteiger partial charge in [-0.15, -0.1) is 0 Å². The topological polar surface area (TPSA) is 103 Å². The Hall–Kier alpha value is -3.39.